The number of halogens is 1. The maximum absolute atomic E-state index is 13.2. The molecule has 8 heteroatoms. The number of hydrogen-bond acceptors (Lipinski definition) is 4. The molecule has 0 aromatic heterocycles. The molecule has 1 N–H and O–H groups in total. The largest absolute Gasteiger partial charge is 0.478 e. The lowest BCUT2D eigenvalue weighted by Gasteiger charge is -2.34. The third-order valence-corrected chi connectivity index (χ3v) is 4.33. The Bertz CT molecular complexity index is 913. The summed E-state index contributed by atoms with van der Waals surface area (Å²) in [5.74, 6) is -0.278. The summed E-state index contributed by atoms with van der Waals surface area (Å²) in [6, 6.07) is 10.2. The van der Waals surface area contributed by atoms with Crippen LogP contribution in [0.4, 0.5) is 21.5 Å². The van der Waals surface area contributed by atoms with Crippen molar-refractivity contribution in [3.8, 4) is 5.75 Å². The van der Waals surface area contributed by atoms with Crippen LogP contribution in [-0.2, 0) is 14.8 Å². The highest BCUT2D eigenvalue weighted by molar-refractivity contribution is 7.92. The van der Waals surface area contributed by atoms with Gasteiger partial charge in [-0.3, -0.25) is 14.4 Å². The van der Waals surface area contributed by atoms with Crippen molar-refractivity contribution in [3.63, 3.8) is 0 Å². The summed E-state index contributed by atoms with van der Waals surface area (Å²) in [7, 11) is -3.43. The van der Waals surface area contributed by atoms with E-state index >= 15 is 0 Å². The summed E-state index contributed by atoms with van der Waals surface area (Å²) >= 11 is 0. The second-order valence-corrected chi connectivity index (χ2v) is 7.47. The molecule has 0 bridgehead atoms. The fourth-order valence-electron chi connectivity index (χ4n) is 2.65. The molecule has 0 saturated heterocycles. The molecule has 0 spiro atoms. The standard InChI is InChI=1S/C17H17FN2O4S/c1-3-15-17(21)20(13-7-4-11(18)5-8-13)14-9-6-12(10-16(14)24-15)19-25(2,22)23/h4-10,15,19H,3H2,1-2H3. The zero-order valence-electron chi connectivity index (χ0n) is 13.7. The minimum atomic E-state index is -3.43. The van der Waals surface area contributed by atoms with Crippen molar-refractivity contribution in [1.29, 1.82) is 0 Å². The quantitative estimate of drug-likeness (QED) is 0.905. The third kappa shape index (κ3) is 3.58. The third-order valence-electron chi connectivity index (χ3n) is 3.72. The molecule has 2 aromatic carbocycles. The van der Waals surface area contributed by atoms with E-state index < -0.39 is 21.9 Å². The van der Waals surface area contributed by atoms with Crippen molar-refractivity contribution < 1.29 is 22.3 Å². The fourth-order valence-corrected chi connectivity index (χ4v) is 3.21. The number of carbonyl (C=O) groups excluding carboxylic acids is 1. The number of amides is 1. The van der Waals surface area contributed by atoms with E-state index in [1.165, 1.54) is 35.2 Å². The second-order valence-electron chi connectivity index (χ2n) is 5.72. The number of fused-ring (bicyclic) bond motifs is 1. The lowest BCUT2D eigenvalue weighted by atomic mass is 10.1. The number of carbonyl (C=O) groups is 1. The molecule has 1 aliphatic heterocycles. The van der Waals surface area contributed by atoms with Gasteiger partial charge in [-0.05, 0) is 42.8 Å². The Morgan fingerprint density at radius 1 is 1.20 bits per heavy atom. The summed E-state index contributed by atoms with van der Waals surface area (Å²) in [5.41, 5.74) is 1.32. The summed E-state index contributed by atoms with van der Waals surface area (Å²) in [4.78, 5) is 14.2. The van der Waals surface area contributed by atoms with Crippen molar-refractivity contribution in [2.75, 3.05) is 15.9 Å². The van der Waals surface area contributed by atoms with E-state index in [2.05, 4.69) is 4.72 Å². The highest BCUT2D eigenvalue weighted by atomic mass is 32.2. The minimum Gasteiger partial charge on any atom is -0.478 e. The molecule has 1 amide bonds. The fraction of sp³-hybridized carbons (Fsp3) is 0.235. The number of hydrogen-bond donors (Lipinski definition) is 1. The molecular weight excluding hydrogens is 347 g/mol. The van der Waals surface area contributed by atoms with Crippen LogP contribution in [0, 0.1) is 5.82 Å². The van der Waals surface area contributed by atoms with Crippen molar-refractivity contribution >= 4 is 33.0 Å². The number of rotatable bonds is 4. The van der Waals surface area contributed by atoms with Gasteiger partial charge in [0, 0.05) is 11.8 Å². The van der Waals surface area contributed by atoms with E-state index in [9.17, 15) is 17.6 Å². The predicted molar refractivity (Wildman–Crippen MR) is 93.2 cm³/mol. The zero-order valence-corrected chi connectivity index (χ0v) is 14.5. The molecule has 0 radical (unpaired) electrons. The Hall–Kier alpha value is -2.61. The van der Waals surface area contributed by atoms with Crippen LogP contribution >= 0.6 is 0 Å². The van der Waals surface area contributed by atoms with Gasteiger partial charge in [0.05, 0.1) is 17.6 Å². The first-order valence-corrected chi connectivity index (χ1v) is 9.55. The smallest absolute Gasteiger partial charge is 0.272 e. The molecule has 1 unspecified atom stereocenters. The molecule has 1 aliphatic rings. The topological polar surface area (TPSA) is 75.7 Å². The number of sulfonamides is 1. The van der Waals surface area contributed by atoms with Gasteiger partial charge in [0.15, 0.2) is 6.10 Å². The van der Waals surface area contributed by atoms with Crippen LogP contribution in [0.25, 0.3) is 0 Å². The average Bonchev–Trinajstić information content (AvgIpc) is 2.54. The minimum absolute atomic E-state index is 0.259. The lowest BCUT2D eigenvalue weighted by Crippen LogP contribution is -2.43. The number of nitrogens with zero attached hydrogens (tertiary/aromatic N) is 1. The summed E-state index contributed by atoms with van der Waals surface area (Å²) in [5, 5.41) is 0. The second kappa shape index (κ2) is 6.36. The molecular formula is C17H17FN2O4S. The van der Waals surface area contributed by atoms with E-state index in [0.717, 1.165) is 6.26 Å². The van der Waals surface area contributed by atoms with Crippen molar-refractivity contribution in [2.24, 2.45) is 0 Å². The molecule has 0 saturated carbocycles. The SMILES string of the molecule is CCC1Oc2cc(NS(C)(=O)=O)ccc2N(c2ccc(F)cc2)C1=O. The van der Waals surface area contributed by atoms with E-state index in [1.807, 2.05) is 6.92 Å². The van der Waals surface area contributed by atoms with Crippen LogP contribution in [0.3, 0.4) is 0 Å². The Balaban J connectivity index is 2.08. The van der Waals surface area contributed by atoms with Gasteiger partial charge in [0.1, 0.15) is 11.6 Å². The highest BCUT2D eigenvalue weighted by Crippen LogP contribution is 2.41. The van der Waals surface area contributed by atoms with Gasteiger partial charge in [-0.1, -0.05) is 6.92 Å². The molecule has 3 rings (SSSR count). The van der Waals surface area contributed by atoms with Gasteiger partial charge < -0.3 is 4.74 Å². The Labute approximate surface area is 145 Å². The van der Waals surface area contributed by atoms with Gasteiger partial charge in [-0.25, -0.2) is 12.8 Å². The summed E-state index contributed by atoms with van der Waals surface area (Å²) in [6.45, 7) is 1.81. The maximum Gasteiger partial charge on any atom is 0.272 e. The van der Waals surface area contributed by atoms with E-state index in [0.29, 0.717) is 29.2 Å². The Kier molecular flexibility index (Phi) is 4.38. The zero-order chi connectivity index (χ0) is 18.2. The molecule has 0 fully saturated rings. The van der Waals surface area contributed by atoms with Crippen molar-refractivity contribution in [3.05, 3.63) is 48.3 Å². The Morgan fingerprint density at radius 2 is 1.88 bits per heavy atom. The van der Waals surface area contributed by atoms with Crippen LogP contribution in [0.5, 0.6) is 5.75 Å². The molecule has 2 aromatic rings. The van der Waals surface area contributed by atoms with Crippen LogP contribution in [0.15, 0.2) is 42.5 Å². The van der Waals surface area contributed by atoms with Gasteiger partial charge in [-0.15, -0.1) is 0 Å². The molecule has 0 aliphatic carbocycles. The first kappa shape index (κ1) is 17.2. The maximum atomic E-state index is 13.2. The summed E-state index contributed by atoms with van der Waals surface area (Å²) in [6.07, 6.45) is 0.793. The van der Waals surface area contributed by atoms with Crippen LogP contribution in [-0.4, -0.2) is 26.7 Å². The van der Waals surface area contributed by atoms with Gasteiger partial charge >= 0.3 is 0 Å². The van der Waals surface area contributed by atoms with Crippen LogP contribution < -0.4 is 14.4 Å². The van der Waals surface area contributed by atoms with E-state index in [1.54, 1.807) is 12.1 Å². The molecule has 1 atom stereocenters. The number of anilines is 3. The molecule has 6 nitrogen and oxygen atoms in total. The number of ether oxygens (including phenoxy) is 1. The first-order chi connectivity index (χ1) is 11.8. The predicted octanol–water partition coefficient (Wildman–Crippen LogP) is 3.03. The molecule has 132 valence electrons. The molecule has 1 heterocycles. The average molecular weight is 364 g/mol. The van der Waals surface area contributed by atoms with Gasteiger partial charge in [0.25, 0.3) is 5.91 Å². The summed E-state index contributed by atoms with van der Waals surface area (Å²) < 4.78 is 44.1. The van der Waals surface area contributed by atoms with Crippen LogP contribution in [0.2, 0.25) is 0 Å². The Morgan fingerprint density at radius 3 is 2.48 bits per heavy atom. The van der Waals surface area contributed by atoms with Gasteiger partial charge in [-0.2, -0.15) is 0 Å². The normalized spacial score (nSPS) is 17.0. The van der Waals surface area contributed by atoms with Crippen LogP contribution in [0.1, 0.15) is 13.3 Å². The van der Waals surface area contributed by atoms with Gasteiger partial charge in [0.2, 0.25) is 10.0 Å². The lowest BCUT2D eigenvalue weighted by molar-refractivity contribution is -0.125. The van der Waals surface area contributed by atoms with Crippen molar-refractivity contribution in [2.45, 2.75) is 19.4 Å². The van der Waals surface area contributed by atoms with E-state index in [-0.39, 0.29) is 5.91 Å². The van der Waals surface area contributed by atoms with Crippen molar-refractivity contribution in [1.82, 2.24) is 0 Å². The number of benzene rings is 2. The monoisotopic (exact) mass is 364 g/mol. The molecule has 25 heavy (non-hydrogen) atoms. The first-order valence-electron chi connectivity index (χ1n) is 7.66. The van der Waals surface area contributed by atoms with E-state index in [4.69, 9.17) is 4.74 Å². The highest BCUT2D eigenvalue weighted by Gasteiger charge is 2.34. The number of nitrogens with one attached hydrogen (secondary N) is 1.